The van der Waals surface area contributed by atoms with E-state index in [2.05, 4.69) is 53.1 Å². The Morgan fingerprint density at radius 1 is 1.13 bits per heavy atom. The molecule has 3 heterocycles. The minimum atomic E-state index is -0.474. The van der Waals surface area contributed by atoms with E-state index in [0.717, 1.165) is 44.8 Å². The maximum atomic E-state index is 9.21. The molecule has 0 aliphatic carbocycles. The fourth-order valence-corrected chi connectivity index (χ4v) is 3.45. The largest absolute Gasteiger partial charge is 0.382 e. The number of fused-ring (bicyclic) bond motifs is 1. The van der Waals surface area contributed by atoms with E-state index in [4.69, 9.17) is 4.98 Å². The monoisotopic (exact) mass is 407 g/mol. The molecule has 0 radical (unpaired) electrons. The van der Waals surface area contributed by atoms with Gasteiger partial charge in [0.05, 0.1) is 34.3 Å². The van der Waals surface area contributed by atoms with Crippen LogP contribution in [-0.2, 0) is 0 Å². The average molecular weight is 408 g/mol. The predicted octanol–water partition coefficient (Wildman–Crippen LogP) is 5.71. The zero-order chi connectivity index (χ0) is 22.0. The Morgan fingerprint density at radius 3 is 2.65 bits per heavy atom. The van der Waals surface area contributed by atoms with Crippen LogP contribution in [0.5, 0.6) is 0 Å². The minimum Gasteiger partial charge on any atom is -0.382 e. The summed E-state index contributed by atoms with van der Waals surface area (Å²) in [6.07, 6.45) is 1.84. The Balaban J connectivity index is 1.65. The molecule has 154 valence electrons. The topological polar surface area (TPSA) is 77.4 Å². The van der Waals surface area contributed by atoms with Gasteiger partial charge >= 0.3 is 0 Å². The van der Waals surface area contributed by atoms with Crippen LogP contribution < -0.4 is 5.32 Å². The highest BCUT2D eigenvalue weighted by molar-refractivity contribution is 5.90. The first-order chi connectivity index (χ1) is 14.9. The molecule has 0 unspecified atom stereocenters. The van der Waals surface area contributed by atoms with Crippen LogP contribution in [0, 0.1) is 23.7 Å². The summed E-state index contributed by atoms with van der Waals surface area (Å²) in [5.74, 6) is 0. The number of hydrogen-bond donors (Lipinski definition) is 2. The first kappa shape index (κ1) is 20.4. The van der Waals surface area contributed by atoms with E-state index in [-0.39, 0.29) is 0 Å². The highest BCUT2D eigenvalue weighted by Gasteiger charge is 2.17. The van der Waals surface area contributed by atoms with Crippen molar-refractivity contribution in [3.63, 3.8) is 0 Å². The number of aromatic nitrogens is 3. The Hall–Kier alpha value is -3.91. The third-order valence-corrected chi connectivity index (χ3v) is 5.37. The number of hydrogen-bond acceptors (Lipinski definition) is 4. The van der Waals surface area contributed by atoms with Crippen LogP contribution in [0.3, 0.4) is 0 Å². The third kappa shape index (κ3) is 4.19. The van der Waals surface area contributed by atoms with Crippen LogP contribution >= 0.6 is 0 Å². The van der Waals surface area contributed by atoms with Gasteiger partial charge in [-0.1, -0.05) is 43.0 Å². The van der Waals surface area contributed by atoms with E-state index in [9.17, 15) is 5.26 Å². The van der Waals surface area contributed by atoms with Gasteiger partial charge in [0.25, 0.3) is 0 Å². The Bertz CT molecular complexity index is 1290. The minimum absolute atomic E-state index is 0.474. The molecular formula is C26H25N5. The van der Waals surface area contributed by atoms with Crippen molar-refractivity contribution < 1.29 is 0 Å². The molecule has 0 bridgehead atoms. The van der Waals surface area contributed by atoms with Gasteiger partial charge in [-0.3, -0.25) is 0 Å². The number of H-pyrrole nitrogens is 1. The second-order valence-electron chi connectivity index (χ2n) is 8.35. The normalized spacial score (nSPS) is 11.3. The zero-order valence-electron chi connectivity index (χ0n) is 18.0. The first-order valence-corrected chi connectivity index (χ1v) is 10.2. The van der Waals surface area contributed by atoms with Gasteiger partial charge in [-0.25, -0.2) is 9.97 Å². The maximum absolute atomic E-state index is 9.21. The summed E-state index contributed by atoms with van der Waals surface area (Å²) in [5, 5.41) is 13.5. The Morgan fingerprint density at radius 2 is 1.90 bits per heavy atom. The zero-order valence-corrected chi connectivity index (χ0v) is 18.0. The number of benzene rings is 1. The number of nitrogens with zero attached hydrogens (tertiary/aromatic N) is 3. The molecule has 0 fully saturated rings. The van der Waals surface area contributed by atoms with Crippen molar-refractivity contribution in [3.05, 3.63) is 78.6 Å². The Kier molecular flexibility index (Phi) is 5.31. The number of aryl methyl sites for hydroxylation is 1. The molecule has 5 nitrogen and oxygen atoms in total. The maximum Gasteiger partial charge on any atom is 0.138 e. The number of pyridine rings is 2. The lowest BCUT2D eigenvalue weighted by atomic mass is 9.96. The highest BCUT2D eigenvalue weighted by Crippen LogP contribution is 2.31. The summed E-state index contributed by atoms with van der Waals surface area (Å²) in [6.45, 7) is 10.5. The van der Waals surface area contributed by atoms with Crippen LogP contribution in [0.1, 0.15) is 25.1 Å². The van der Waals surface area contributed by atoms with Crippen molar-refractivity contribution in [2.45, 2.75) is 20.8 Å². The van der Waals surface area contributed by atoms with Crippen molar-refractivity contribution in [1.29, 1.82) is 5.26 Å². The van der Waals surface area contributed by atoms with E-state index < -0.39 is 5.41 Å². The summed E-state index contributed by atoms with van der Waals surface area (Å²) < 4.78 is 0. The Labute approximate surface area is 182 Å². The molecule has 2 N–H and O–H groups in total. The lowest BCUT2D eigenvalue weighted by Gasteiger charge is -2.18. The molecule has 0 amide bonds. The SMILES string of the molecule is C=C(NCC(C)(C)C#N)c1cccc(-c2cnc3[nH]c(-c4ccccc4)c(C)c3c2)n1. The van der Waals surface area contributed by atoms with Crippen molar-refractivity contribution in [3.8, 4) is 28.6 Å². The molecule has 0 saturated carbocycles. The summed E-state index contributed by atoms with van der Waals surface area (Å²) in [4.78, 5) is 12.9. The quantitative estimate of drug-likeness (QED) is 0.429. The first-order valence-electron chi connectivity index (χ1n) is 10.2. The van der Waals surface area contributed by atoms with E-state index in [1.807, 2.05) is 56.4 Å². The molecule has 0 aliphatic heterocycles. The molecule has 0 atom stereocenters. The molecule has 1 aromatic carbocycles. The van der Waals surface area contributed by atoms with Crippen molar-refractivity contribution in [2.24, 2.45) is 5.41 Å². The molecule has 4 aromatic rings. The van der Waals surface area contributed by atoms with E-state index in [1.165, 1.54) is 0 Å². The summed E-state index contributed by atoms with van der Waals surface area (Å²) in [5.41, 5.74) is 7.00. The van der Waals surface area contributed by atoms with E-state index in [1.54, 1.807) is 0 Å². The number of rotatable bonds is 6. The van der Waals surface area contributed by atoms with Gasteiger partial charge in [-0.05, 0) is 50.1 Å². The van der Waals surface area contributed by atoms with Crippen LogP contribution in [0.4, 0.5) is 0 Å². The average Bonchev–Trinajstić information content (AvgIpc) is 3.14. The molecule has 4 rings (SSSR count). The second-order valence-corrected chi connectivity index (χ2v) is 8.35. The summed E-state index contributed by atoms with van der Waals surface area (Å²) in [7, 11) is 0. The lowest BCUT2D eigenvalue weighted by molar-refractivity contribution is 0.482. The van der Waals surface area contributed by atoms with Crippen molar-refractivity contribution in [1.82, 2.24) is 20.3 Å². The van der Waals surface area contributed by atoms with Crippen LogP contribution in [-0.4, -0.2) is 21.5 Å². The summed E-state index contributed by atoms with van der Waals surface area (Å²) in [6, 6.07) is 20.5. The van der Waals surface area contributed by atoms with Gasteiger partial charge in [0.1, 0.15) is 5.65 Å². The van der Waals surface area contributed by atoms with Crippen molar-refractivity contribution >= 4 is 16.7 Å². The molecule has 0 spiro atoms. The fourth-order valence-electron chi connectivity index (χ4n) is 3.45. The predicted molar refractivity (Wildman–Crippen MR) is 126 cm³/mol. The van der Waals surface area contributed by atoms with Gasteiger partial charge < -0.3 is 10.3 Å². The van der Waals surface area contributed by atoms with Gasteiger partial charge in [-0.15, -0.1) is 0 Å². The number of nitrogens with one attached hydrogen (secondary N) is 2. The van der Waals surface area contributed by atoms with Gasteiger partial charge in [0.2, 0.25) is 0 Å². The van der Waals surface area contributed by atoms with Gasteiger partial charge in [0.15, 0.2) is 0 Å². The third-order valence-electron chi connectivity index (χ3n) is 5.37. The van der Waals surface area contributed by atoms with Crippen LogP contribution in [0.2, 0.25) is 0 Å². The van der Waals surface area contributed by atoms with E-state index >= 15 is 0 Å². The summed E-state index contributed by atoms with van der Waals surface area (Å²) >= 11 is 0. The number of aromatic amines is 1. The number of nitriles is 1. The molecular weight excluding hydrogens is 382 g/mol. The fraction of sp³-hybridized carbons (Fsp3) is 0.192. The van der Waals surface area contributed by atoms with E-state index in [0.29, 0.717) is 12.2 Å². The van der Waals surface area contributed by atoms with Crippen molar-refractivity contribution in [2.75, 3.05) is 6.54 Å². The van der Waals surface area contributed by atoms with Crippen LogP contribution in [0.15, 0.2) is 67.4 Å². The second kappa shape index (κ2) is 8.08. The smallest absolute Gasteiger partial charge is 0.138 e. The molecule has 3 aromatic heterocycles. The molecule has 31 heavy (non-hydrogen) atoms. The standard InChI is InChI=1S/C26H25N5/c1-17-21-13-20(14-28-25(21)31-24(17)19-9-6-5-7-10-19)23-12-8-11-22(30-23)18(2)29-16-26(3,4)15-27/h5-14,29H,2,16H2,1,3-4H3,(H,28,31). The molecule has 5 heteroatoms. The highest BCUT2D eigenvalue weighted by atomic mass is 14.9. The molecule has 0 aliphatic rings. The molecule has 0 saturated heterocycles. The van der Waals surface area contributed by atoms with Gasteiger partial charge in [-0.2, -0.15) is 5.26 Å². The lowest BCUT2D eigenvalue weighted by Crippen LogP contribution is -2.27. The van der Waals surface area contributed by atoms with Gasteiger partial charge in [0, 0.05) is 23.7 Å². The van der Waals surface area contributed by atoms with Crippen LogP contribution in [0.25, 0.3) is 39.2 Å².